The predicted molar refractivity (Wildman–Crippen MR) is 77.0 cm³/mol. The van der Waals surface area contributed by atoms with Gasteiger partial charge in [0.2, 0.25) is 0 Å². The number of rotatable bonds is 5. The van der Waals surface area contributed by atoms with Crippen molar-refractivity contribution < 1.29 is 9.13 Å². The highest BCUT2D eigenvalue weighted by atomic mass is 19.1. The van der Waals surface area contributed by atoms with Gasteiger partial charge >= 0.3 is 0 Å². The molecule has 1 fully saturated rings. The van der Waals surface area contributed by atoms with Crippen LogP contribution in [0.15, 0.2) is 12.1 Å². The first-order valence-electron chi connectivity index (χ1n) is 6.79. The number of nitrogen functional groups attached to an aromatic ring is 1. The highest BCUT2D eigenvalue weighted by molar-refractivity contribution is 5.68. The minimum Gasteiger partial charge on any atom is -0.488 e. The SMILES string of the molecule is CC(C)Oc1cc(NCC2CC2(C)C)c(N)cc1F. The molecule has 106 valence electrons. The molecule has 0 amide bonds. The average molecular weight is 266 g/mol. The van der Waals surface area contributed by atoms with E-state index in [0.717, 1.165) is 12.2 Å². The average Bonchev–Trinajstić information content (AvgIpc) is 2.88. The molecule has 0 aliphatic heterocycles. The van der Waals surface area contributed by atoms with Crippen LogP contribution in [-0.4, -0.2) is 12.6 Å². The van der Waals surface area contributed by atoms with E-state index in [9.17, 15) is 4.39 Å². The van der Waals surface area contributed by atoms with Crippen LogP contribution in [0.4, 0.5) is 15.8 Å². The number of halogens is 1. The maximum absolute atomic E-state index is 13.7. The van der Waals surface area contributed by atoms with E-state index in [4.69, 9.17) is 10.5 Å². The topological polar surface area (TPSA) is 47.3 Å². The van der Waals surface area contributed by atoms with Crippen LogP contribution in [0.2, 0.25) is 0 Å². The van der Waals surface area contributed by atoms with E-state index in [1.54, 1.807) is 6.07 Å². The van der Waals surface area contributed by atoms with Crippen molar-refractivity contribution >= 4 is 11.4 Å². The summed E-state index contributed by atoms with van der Waals surface area (Å²) in [5.41, 5.74) is 7.43. The first-order chi connectivity index (χ1) is 8.79. The molecule has 0 spiro atoms. The van der Waals surface area contributed by atoms with Crippen LogP contribution in [0, 0.1) is 17.2 Å². The number of anilines is 2. The lowest BCUT2D eigenvalue weighted by Crippen LogP contribution is -2.11. The lowest BCUT2D eigenvalue weighted by Gasteiger charge is -2.15. The summed E-state index contributed by atoms with van der Waals surface area (Å²) in [6.45, 7) is 9.11. The quantitative estimate of drug-likeness (QED) is 0.800. The Morgan fingerprint density at radius 3 is 2.63 bits per heavy atom. The van der Waals surface area contributed by atoms with Crippen molar-refractivity contribution in [1.82, 2.24) is 0 Å². The van der Waals surface area contributed by atoms with Gasteiger partial charge in [-0.15, -0.1) is 0 Å². The third-order valence-corrected chi connectivity index (χ3v) is 3.72. The highest BCUT2D eigenvalue weighted by Crippen LogP contribution is 2.51. The summed E-state index contributed by atoms with van der Waals surface area (Å²) in [5.74, 6) is 0.497. The Hall–Kier alpha value is -1.45. The van der Waals surface area contributed by atoms with Gasteiger partial charge < -0.3 is 15.8 Å². The lowest BCUT2D eigenvalue weighted by molar-refractivity contribution is 0.231. The molecule has 0 heterocycles. The molecule has 1 unspecified atom stereocenters. The summed E-state index contributed by atoms with van der Waals surface area (Å²) in [6.07, 6.45) is 1.16. The van der Waals surface area contributed by atoms with Gasteiger partial charge in [-0.25, -0.2) is 4.39 Å². The monoisotopic (exact) mass is 266 g/mol. The number of nitrogens with one attached hydrogen (secondary N) is 1. The first kappa shape index (κ1) is 14.0. The van der Waals surface area contributed by atoms with E-state index < -0.39 is 5.82 Å². The third-order valence-electron chi connectivity index (χ3n) is 3.72. The molecule has 0 aromatic heterocycles. The lowest BCUT2D eigenvalue weighted by atomic mass is 10.1. The van der Waals surface area contributed by atoms with Crippen molar-refractivity contribution in [1.29, 1.82) is 0 Å². The first-order valence-corrected chi connectivity index (χ1v) is 6.79. The van der Waals surface area contributed by atoms with Gasteiger partial charge in [0.05, 0.1) is 17.5 Å². The standard InChI is InChI=1S/C15H23FN2O/c1-9(2)19-14-6-13(12(17)5-11(14)16)18-8-10-7-15(10,3)4/h5-6,9-10,18H,7-8,17H2,1-4H3. The maximum atomic E-state index is 13.7. The molecule has 1 atom stereocenters. The molecule has 19 heavy (non-hydrogen) atoms. The minimum absolute atomic E-state index is 0.0617. The second-order valence-electron chi connectivity index (χ2n) is 6.31. The molecular formula is C15H23FN2O. The highest BCUT2D eigenvalue weighted by Gasteiger charge is 2.44. The van der Waals surface area contributed by atoms with Gasteiger partial charge in [0.1, 0.15) is 0 Å². The van der Waals surface area contributed by atoms with Gasteiger partial charge in [-0.1, -0.05) is 13.8 Å². The molecule has 1 aliphatic rings. The molecule has 1 aromatic carbocycles. The summed E-state index contributed by atoms with van der Waals surface area (Å²) < 4.78 is 19.1. The Labute approximate surface area is 114 Å². The van der Waals surface area contributed by atoms with E-state index in [2.05, 4.69) is 19.2 Å². The van der Waals surface area contributed by atoms with Gasteiger partial charge in [-0.2, -0.15) is 0 Å². The molecule has 1 saturated carbocycles. The van der Waals surface area contributed by atoms with E-state index in [1.807, 2.05) is 13.8 Å². The summed E-state index contributed by atoms with van der Waals surface area (Å²) in [5, 5.41) is 3.30. The van der Waals surface area contributed by atoms with Crippen molar-refractivity contribution in [2.24, 2.45) is 11.3 Å². The van der Waals surface area contributed by atoms with Gasteiger partial charge in [-0.05, 0) is 31.6 Å². The summed E-state index contributed by atoms with van der Waals surface area (Å²) >= 11 is 0. The number of hydrogen-bond acceptors (Lipinski definition) is 3. The van der Waals surface area contributed by atoms with Crippen molar-refractivity contribution in [2.75, 3.05) is 17.6 Å². The molecule has 0 radical (unpaired) electrons. The second-order valence-corrected chi connectivity index (χ2v) is 6.31. The van der Waals surface area contributed by atoms with Gasteiger partial charge in [0.15, 0.2) is 11.6 Å². The number of ether oxygens (including phenoxy) is 1. The van der Waals surface area contributed by atoms with Crippen LogP contribution in [0.1, 0.15) is 34.1 Å². The van der Waals surface area contributed by atoms with Gasteiger partial charge in [0, 0.05) is 18.7 Å². The van der Waals surface area contributed by atoms with Crippen LogP contribution in [0.5, 0.6) is 5.75 Å². The fourth-order valence-corrected chi connectivity index (χ4v) is 2.22. The van der Waals surface area contributed by atoms with Gasteiger partial charge in [-0.3, -0.25) is 0 Å². The van der Waals surface area contributed by atoms with E-state index in [0.29, 0.717) is 17.0 Å². The van der Waals surface area contributed by atoms with Crippen molar-refractivity contribution in [3.8, 4) is 5.75 Å². The Balaban J connectivity index is 2.07. The summed E-state index contributed by atoms with van der Waals surface area (Å²) in [7, 11) is 0. The fraction of sp³-hybridized carbons (Fsp3) is 0.600. The normalized spacial score (nSPS) is 20.4. The Kier molecular flexibility index (Phi) is 3.61. The van der Waals surface area contributed by atoms with Gasteiger partial charge in [0.25, 0.3) is 0 Å². The molecule has 1 aromatic rings. The summed E-state index contributed by atoms with van der Waals surface area (Å²) in [4.78, 5) is 0. The smallest absolute Gasteiger partial charge is 0.167 e. The van der Waals surface area contributed by atoms with Crippen LogP contribution in [0.25, 0.3) is 0 Å². The molecule has 4 heteroatoms. The fourth-order valence-electron chi connectivity index (χ4n) is 2.22. The molecule has 3 N–H and O–H groups in total. The molecule has 0 saturated heterocycles. The zero-order valence-electron chi connectivity index (χ0n) is 12.1. The van der Waals surface area contributed by atoms with Crippen molar-refractivity contribution in [3.63, 3.8) is 0 Å². The Morgan fingerprint density at radius 1 is 1.47 bits per heavy atom. The van der Waals surface area contributed by atoms with Crippen LogP contribution in [-0.2, 0) is 0 Å². The number of nitrogens with two attached hydrogens (primary N) is 1. The number of hydrogen-bond donors (Lipinski definition) is 2. The molecule has 1 aliphatic carbocycles. The Bertz CT molecular complexity index is 471. The van der Waals surface area contributed by atoms with E-state index in [1.165, 1.54) is 12.5 Å². The minimum atomic E-state index is -0.413. The van der Waals surface area contributed by atoms with Crippen molar-refractivity contribution in [3.05, 3.63) is 17.9 Å². The van der Waals surface area contributed by atoms with Crippen LogP contribution >= 0.6 is 0 Å². The zero-order chi connectivity index (χ0) is 14.2. The predicted octanol–water partition coefficient (Wildman–Crippen LogP) is 3.65. The molecule has 2 rings (SSSR count). The van der Waals surface area contributed by atoms with Crippen molar-refractivity contribution in [2.45, 2.75) is 40.2 Å². The zero-order valence-corrected chi connectivity index (χ0v) is 12.1. The Morgan fingerprint density at radius 2 is 2.11 bits per heavy atom. The van der Waals surface area contributed by atoms with E-state index >= 15 is 0 Å². The maximum Gasteiger partial charge on any atom is 0.167 e. The van der Waals surface area contributed by atoms with Crippen LogP contribution in [0.3, 0.4) is 0 Å². The van der Waals surface area contributed by atoms with Crippen LogP contribution < -0.4 is 15.8 Å². The molecule has 3 nitrogen and oxygen atoms in total. The van der Waals surface area contributed by atoms with E-state index in [-0.39, 0.29) is 11.9 Å². The number of benzene rings is 1. The molecular weight excluding hydrogens is 243 g/mol. The summed E-state index contributed by atoms with van der Waals surface area (Å²) in [6, 6.07) is 2.97. The molecule has 0 bridgehead atoms. The third kappa shape index (κ3) is 3.31. The second kappa shape index (κ2) is 4.91. The largest absolute Gasteiger partial charge is 0.488 e.